The van der Waals surface area contributed by atoms with Gasteiger partial charge in [0, 0.05) is 31.9 Å². The molecule has 0 bridgehead atoms. The highest BCUT2D eigenvalue weighted by Gasteiger charge is 2.32. The molecule has 1 heterocycles. The van der Waals surface area contributed by atoms with E-state index in [9.17, 15) is 18.0 Å². The predicted octanol–water partition coefficient (Wildman–Crippen LogP) is 1.62. The molecular weight excluding hydrogens is 283 g/mol. The lowest BCUT2D eigenvalue weighted by Gasteiger charge is -2.37. The lowest BCUT2D eigenvalue weighted by molar-refractivity contribution is -0.137. The molecule has 21 heavy (non-hydrogen) atoms. The highest BCUT2D eigenvalue weighted by molar-refractivity contribution is 5.85. The van der Waals surface area contributed by atoms with Crippen LogP contribution in [-0.2, 0) is 11.0 Å². The van der Waals surface area contributed by atoms with Crippen molar-refractivity contribution < 1.29 is 18.0 Å². The Morgan fingerprint density at radius 3 is 2.62 bits per heavy atom. The normalized spacial score (nSPS) is 19.4. The second-order valence-electron chi connectivity index (χ2n) is 4.85. The zero-order valence-corrected chi connectivity index (χ0v) is 11.7. The Morgan fingerprint density at radius 1 is 1.38 bits per heavy atom. The van der Waals surface area contributed by atoms with Crippen LogP contribution < -0.4 is 15.5 Å². The predicted molar refractivity (Wildman–Crippen MR) is 74.1 cm³/mol. The summed E-state index contributed by atoms with van der Waals surface area (Å²) in [5.74, 6) is -0.121. The molecule has 7 heteroatoms. The molecule has 2 rings (SSSR count). The highest BCUT2D eigenvalue weighted by atomic mass is 19.4. The van der Waals surface area contributed by atoms with Gasteiger partial charge in [0.1, 0.15) is 6.04 Å². The van der Waals surface area contributed by atoms with Crippen molar-refractivity contribution >= 4 is 11.6 Å². The topological polar surface area (TPSA) is 44.4 Å². The van der Waals surface area contributed by atoms with Crippen molar-refractivity contribution in [3.05, 3.63) is 29.8 Å². The van der Waals surface area contributed by atoms with E-state index in [0.717, 1.165) is 12.1 Å². The summed E-state index contributed by atoms with van der Waals surface area (Å²) >= 11 is 0. The molecule has 1 aliphatic rings. The summed E-state index contributed by atoms with van der Waals surface area (Å²) in [5, 5.41) is 5.88. The number of hydrogen-bond acceptors (Lipinski definition) is 3. The first kappa shape index (κ1) is 15.6. The highest BCUT2D eigenvalue weighted by Crippen LogP contribution is 2.31. The minimum atomic E-state index is -4.35. The summed E-state index contributed by atoms with van der Waals surface area (Å²) in [6.45, 7) is 4.10. The molecule has 4 nitrogen and oxygen atoms in total. The molecule has 2 N–H and O–H groups in total. The number of nitrogens with zero attached hydrogens (tertiary/aromatic N) is 1. The van der Waals surface area contributed by atoms with Gasteiger partial charge in [0.05, 0.1) is 5.56 Å². The third-order valence-corrected chi connectivity index (χ3v) is 3.42. The lowest BCUT2D eigenvalue weighted by Crippen LogP contribution is -2.58. The van der Waals surface area contributed by atoms with Gasteiger partial charge in [-0.3, -0.25) is 4.79 Å². The number of carbonyl (C=O) groups excluding carboxylic acids is 1. The van der Waals surface area contributed by atoms with Crippen LogP contribution in [0.1, 0.15) is 12.5 Å². The van der Waals surface area contributed by atoms with Crippen LogP contribution in [-0.4, -0.2) is 38.1 Å². The fourth-order valence-electron chi connectivity index (χ4n) is 2.38. The van der Waals surface area contributed by atoms with E-state index in [1.165, 1.54) is 12.1 Å². The molecule has 1 aromatic rings. The molecule has 1 amide bonds. The molecule has 0 spiro atoms. The van der Waals surface area contributed by atoms with Crippen LogP contribution in [0.5, 0.6) is 0 Å². The number of halogens is 3. The Hall–Kier alpha value is -1.76. The van der Waals surface area contributed by atoms with Crippen molar-refractivity contribution in [3.8, 4) is 0 Å². The fraction of sp³-hybridized carbons (Fsp3) is 0.500. The first-order chi connectivity index (χ1) is 9.93. The number of piperazine rings is 1. The third kappa shape index (κ3) is 3.66. The number of carbonyl (C=O) groups is 1. The summed E-state index contributed by atoms with van der Waals surface area (Å²) in [6, 6.07) is 4.52. The number of nitrogens with one attached hydrogen (secondary N) is 2. The van der Waals surface area contributed by atoms with E-state index in [-0.39, 0.29) is 5.91 Å². The number of benzene rings is 1. The van der Waals surface area contributed by atoms with E-state index >= 15 is 0 Å². The number of hydrogen-bond donors (Lipinski definition) is 2. The summed E-state index contributed by atoms with van der Waals surface area (Å²) in [5.41, 5.74) is -0.0586. The third-order valence-electron chi connectivity index (χ3n) is 3.42. The SMILES string of the molecule is CCNC(=O)C1CNCCN1c1ccc(C(F)(F)F)cc1. The molecule has 1 aromatic carbocycles. The average molecular weight is 301 g/mol. The van der Waals surface area contributed by atoms with Gasteiger partial charge in [0.2, 0.25) is 5.91 Å². The van der Waals surface area contributed by atoms with E-state index in [2.05, 4.69) is 10.6 Å². The van der Waals surface area contributed by atoms with E-state index in [4.69, 9.17) is 0 Å². The van der Waals surface area contributed by atoms with Gasteiger partial charge in [-0.05, 0) is 31.2 Å². The fourth-order valence-corrected chi connectivity index (χ4v) is 2.38. The summed E-state index contributed by atoms with van der Waals surface area (Å²) in [7, 11) is 0. The van der Waals surface area contributed by atoms with Gasteiger partial charge in [0.15, 0.2) is 0 Å². The quantitative estimate of drug-likeness (QED) is 0.892. The maximum atomic E-state index is 12.6. The number of anilines is 1. The average Bonchev–Trinajstić information content (AvgIpc) is 2.47. The van der Waals surface area contributed by atoms with Gasteiger partial charge in [-0.1, -0.05) is 0 Å². The molecule has 1 saturated heterocycles. The maximum Gasteiger partial charge on any atom is 0.416 e. The smallest absolute Gasteiger partial charge is 0.357 e. The molecule has 1 atom stereocenters. The second-order valence-corrected chi connectivity index (χ2v) is 4.85. The van der Waals surface area contributed by atoms with Crippen molar-refractivity contribution in [2.75, 3.05) is 31.1 Å². The lowest BCUT2D eigenvalue weighted by atomic mass is 10.1. The molecular formula is C14H18F3N3O. The first-order valence-corrected chi connectivity index (χ1v) is 6.86. The molecule has 1 fully saturated rings. The Labute approximate surface area is 121 Å². The van der Waals surface area contributed by atoms with Crippen molar-refractivity contribution in [1.82, 2.24) is 10.6 Å². The molecule has 0 aromatic heterocycles. The van der Waals surface area contributed by atoms with Gasteiger partial charge >= 0.3 is 6.18 Å². The zero-order chi connectivity index (χ0) is 15.5. The van der Waals surface area contributed by atoms with Crippen molar-refractivity contribution in [3.63, 3.8) is 0 Å². The van der Waals surface area contributed by atoms with Gasteiger partial charge in [-0.2, -0.15) is 13.2 Å². The second kappa shape index (κ2) is 6.34. The molecule has 1 aliphatic heterocycles. The zero-order valence-electron chi connectivity index (χ0n) is 11.7. The minimum absolute atomic E-state index is 0.121. The van der Waals surface area contributed by atoms with Crippen LogP contribution in [0.25, 0.3) is 0 Å². The number of likely N-dealkylation sites (N-methyl/N-ethyl adjacent to an activating group) is 1. The molecule has 0 radical (unpaired) electrons. The molecule has 0 aliphatic carbocycles. The molecule has 0 saturated carbocycles. The van der Waals surface area contributed by atoms with Gasteiger partial charge in [-0.15, -0.1) is 0 Å². The van der Waals surface area contributed by atoms with Gasteiger partial charge in [-0.25, -0.2) is 0 Å². The van der Waals surface area contributed by atoms with E-state index in [1.807, 2.05) is 11.8 Å². The summed E-state index contributed by atoms with van der Waals surface area (Å²) in [6.07, 6.45) is -4.35. The van der Waals surface area contributed by atoms with Crippen LogP contribution in [0.4, 0.5) is 18.9 Å². The minimum Gasteiger partial charge on any atom is -0.357 e. The number of rotatable bonds is 3. The standard InChI is InChI=1S/C14H18F3N3O/c1-2-19-13(21)12-9-18-7-8-20(12)11-5-3-10(4-6-11)14(15,16)17/h3-6,12,18H,2,7-9H2,1H3,(H,19,21). The number of alkyl halides is 3. The maximum absolute atomic E-state index is 12.6. The number of amides is 1. The molecule has 1 unspecified atom stereocenters. The summed E-state index contributed by atoms with van der Waals surface area (Å²) in [4.78, 5) is 13.9. The molecule has 116 valence electrons. The van der Waals surface area contributed by atoms with Crippen LogP contribution in [0, 0.1) is 0 Å². The monoisotopic (exact) mass is 301 g/mol. The van der Waals surface area contributed by atoms with E-state index in [1.54, 1.807) is 0 Å². The Kier molecular flexibility index (Phi) is 4.72. The van der Waals surface area contributed by atoms with Gasteiger partial charge < -0.3 is 15.5 Å². The van der Waals surface area contributed by atoms with Crippen LogP contribution in [0.15, 0.2) is 24.3 Å². The van der Waals surface area contributed by atoms with Crippen LogP contribution >= 0.6 is 0 Å². The van der Waals surface area contributed by atoms with E-state index in [0.29, 0.717) is 31.9 Å². The van der Waals surface area contributed by atoms with Crippen molar-refractivity contribution in [2.24, 2.45) is 0 Å². The van der Waals surface area contributed by atoms with Crippen LogP contribution in [0.2, 0.25) is 0 Å². The Balaban J connectivity index is 2.19. The largest absolute Gasteiger partial charge is 0.416 e. The first-order valence-electron chi connectivity index (χ1n) is 6.86. The van der Waals surface area contributed by atoms with Gasteiger partial charge in [0.25, 0.3) is 0 Å². The Morgan fingerprint density at radius 2 is 2.05 bits per heavy atom. The Bertz CT molecular complexity index is 487. The van der Waals surface area contributed by atoms with Crippen molar-refractivity contribution in [2.45, 2.75) is 19.1 Å². The van der Waals surface area contributed by atoms with Crippen LogP contribution in [0.3, 0.4) is 0 Å². The summed E-state index contributed by atoms with van der Waals surface area (Å²) < 4.78 is 37.7. The van der Waals surface area contributed by atoms with E-state index < -0.39 is 17.8 Å². The van der Waals surface area contributed by atoms with Crippen molar-refractivity contribution in [1.29, 1.82) is 0 Å².